The lowest BCUT2D eigenvalue weighted by Gasteiger charge is -2.41. The van der Waals surface area contributed by atoms with Crippen LogP contribution in [0.3, 0.4) is 0 Å². The molecule has 8 nitrogen and oxygen atoms in total. The van der Waals surface area contributed by atoms with Crippen molar-refractivity contribution in [3.63, 3.8) is 0 Å². The molecule has 10 heteroatoms. The Morgan fingerprint density at radius 2 is 2.00 bits per heavy atom. The molecule has 0 aliphatic heterocycles. The first kappa shape index (κ1) is 20.0. The van der Waals surface area contributed by atoms with Crippen molar-refractivity contribution >= 4 is 39.6 Å². The summed E-state index contributed by atoms with van der Waals surface area (Å²) in [4.78, 5) is 33.2. The summed E-state index contributed by atoms with van der Waals surface area (Å²) in [5.74, 6) is -2.23. The number of nitrogens with zero attached hydrogens (tertiary/aromatic N) is 5. The lowest BCUT2D eigenvalue weighted by molar-refractivity contribution is -0.142. The van der Waals surface area contributed by atoms with Gasteiger partial charge < -0.3 is 14.7 Å². The second-order valence-electron chi connectivity index (χ2n) is 8.88. The summed E-state index contributed by atoms with van der Waals surface area (Å²) in [6.07, 6.45) is 6.73. The maximum atomic E-state index is 14.2. The summed E-state index contributed by atoms with van der Waals surface area (Å²) >= 11 is 0. The fourth-order valence-electron chi connectivity index (χ4n) is 5.39. The number of aliphatic carboxylic acids is 1. The fourth-order valence-corrected chi connectivity index (χ4v) is 5.39. The Morgan fingerprint density at radius 1 is 1.21 bits per heavy atom. The van der Waals surface area contributed by atoms with Crippen LogP contribution in [0.15, 0.2) is 29.6 Å². The number of rotatable bonds is 3. The van der Waals surface area contributed by atoms with Crippen LogP contribution in [0.25, 0.3) is 33.5 Å². The van der Waals surface area contributed by atoms with Crippen LogP contribution in [-0.2, 0) is 11.8 Å². The zero-order valence-electron chi connectivity index (χ0n) is 17.7. The molecule has 168 valence electrons. The smallest absolute Gasteiger partial charge is 0.312 e. The first-order valence-electron chi connectivity index (χ1n) is 10.9. The van der Waals surface area contributed by atoms with E-state index in [2.05, 4.69) is 19.9 Å². The van der Waals surface area contributed by atoms with Crippen LogP contribution in [-0.4, -0.2) is 41.3 Å². The maximum absolute atomic E-state index is 14.2. The molecule has 0 spiro atoms. The summed E-state index contributed by atoms with van der Waals surface area (Å²) in [7, 11) is 1.78. The highest BCUT2D eigenvalue weighted by Gasteiger charge is 2.45. The molecule has 2 bridgehead atoms. The number of aromatic amines is 1. The van der Waals surface area contributed by atoms with Crippen molar-refractivity contribution in [1.82, 2.24) is 24.5 Å². The molecular weight excluding hydrogens is 430 g/mol. The third-order valence-corrected chi connectivity index (χ3v) is 6.97. The Balaban J connectivity index is 1.57. The van der Waals surface area contributed by atoms with E-state index in [1.165, 1.54) is 12.3 Å². The normalized spacial score (nSPS) is 23.7. The van der Waals surface area contributed by atoms with E-state index in [0.29, 0.717) is 27.8 Å². The molecule has 1 atom stereocenters. The van der Waals surface area contributed by atoms with E-state index in [-0.39, 0.29) is 29.0 Å². The molecule has 0 amide bonds. The standard InChI is InChI=1S/C23H20F2N6O2/c1-31-9-27-19-21(28-17-11-4-2-10(3-5-11)16(17)23(32)33)29-20(30-22(19)31)14-8-26-18-13(14)6-12(24)7-15(18)25/h6-11,16,26H,2-5H2,1H3,(H,32,33)/b28-17+/t10?,11?,16-/m1/s1. The minimum atomic E-state index is -0.864. The van der Waals surface area contributed by atoms with Crippen molar-refractivity contribution in [2.45, 2.75) is 25.7 Å². The molecule has 7 rings (SSSR count). The van der Waals surface area contributed by atoms with Gasteiger partial charge in [0.25, 0.3) is 0 Å². The molecule has 0 unspecified atom stereocenters. The van der Waals surface area contributed by atoms with Crippen LogP contribution in [0, 0.1) is 29.4 Å². The first-order valence-corrected chi connectivity index (χ1v) is 10.9. The molecule has 3 saturated carbocycles. The molecule has 3 aliphatic rings. The van der Waals surface area contributed by atoms with Crippen LogP contribution in [0.4, 0.5) is 14.6 Å². The van der Waals surface area contributed by atoms with Gasteiger partial charge in [0.2, 0.25) is 0 Å². The molecule has 2 N–H and O–H groups in total. The monoisotopic (exact) mass is 450 g/mol. The van der Waals surface area contributed by atoms with E-state index in [1.807, 2.05) is 0 Å². The number of carboxylic acids is 1. The van der Waals surface area contributed by atoms with Gasteiger partial charge in [-0.2, -0.15) is 0 Å². The largest absolute Gasteiger partial charge is 0.481 e. The van der Waals surface area contributed by atoms with Gasteiger partial charge in [-0.15, -0.1) is 0 Å². The molecule has 33 heavy (non-hydrogen) atoms. The average Bonchev–Trinajstić information content (AvgIpc) is 3.38. The molecule has 0 radical (unpaired) electrons. The molecular formula is C23H20F2N6O2. The van der Waals surface area contributed by atoms with Gasteiger partial charge in [0, 0.05) is 36.0 Å². The Bertz CT molecular complexity index is 1460. The van der Waals surface area contributed by atoms with Gasteiger partial charge in [-0.1, -0.05) is 0 Å². The van der Waals surface area contributed by atoms with Gasteiger partial charge in [-0.3, -0.25) is 4.79 Å². The van der Waals surface area contributed by atoms with Gasteiger partial charge >= 0.3 is 5.97 Å². The van der Waals surface area contributed by atoms with Crippen LogP contribution in [0.2, 0.25) is 0 Å². The number of fused-ring (bicyclic) bond motifs is 5. The Kier molecular flexibility index (Phi) is 4.33. The summed E-state index contributed by atoms with van der Waals surface area (Å²) in [5.41, 5.74) is 2.17. The number of halogens is 2. The molecule has 3 fully saturated rings. The predicted molar refractivity (Wildman–Crippen MR) is 117 cm³/mol. The highest BCUT2D eigenvalue weighted by molar-refractivity contribution is 6.06. The number of carboxylic acid groups (broad SMARTS) is 1. The van der Waals surface area contributed by atoms with Gasteiger partial charge in [-0.05, 0) is 43.6 Å². The molecule has 4 aromatic rings. The average molecular weight is 450 g/mol. The molecule has 3 heterocycles. The van der Waals surface area contributed by atoms with E-state index < -0.39 is 23.5 Å². The number of aryl methyl sites for hydroxylation is 1. The van der Waals surface area contributed by atoms with E-state index in [0.717, 1.165) is 31.7 Å². The number of hydrogen-bond donors (Lipinski definition) is 2. The van der Waals surface area contributed by atoms with E-state index in [1.54, 1.807) is 17.9 Å². The van der Waals surface area contributed by atoms with Crippen LogP contribution in [0.1, 0.15) is 25.7 Å². The number of hydrogen-bond acceptors (Lipinski definition) is 5. The quantitative estimate of drug-likeness (QED) is 0.481. The van der Waals surface area contributed by atoms with E-state index in [9.17, 15) is 18.7 Å². The van der Waals surface area contributed by atoms with Crippen molar-refractivity contribution in [1.29, 1.82) is 0 Å². The number of carbonyl (C=O) groups is 1. The Labute approximate surface area is 186 Å². The topological polar surface area (TPSA) is 109 Å². The van der Waals surface area contributed by atoms with Crippen molar-refractivity contribution in [2.75, 3.05) is 0 Å². The molecule has 3 aliphatic carbocycles. The molecule has 1 aromatic carbocycles. The second kappa shape index (κ2) is 7.16. The van der Waals surface area contributed by atoms with Crippen LogP contribution >= 0.6 is 0 Å². The van der Waals surface area contributed by atoms with E-state index >= 15 is 0 Å². The van der Waals surface area contributed by atoms with Crippen molar-refractivity contribution in [3.8, 4) is 11.4 Å². The summed E-state index contributed by atoms with van der Waals surface area (Å²) in [6, 6.07) is 2.04. The Hall–Kier alpha value is -3.69. The van der Waals surface area contributed by atoms with Crippen molar-refractivity contribution < 1.29 is 18.7 Å². The number of imidazole rings is 1. The zero-order valence-corrected chi connectivity index (χ0v) is 17.7. The first-order chi connectivity index (χ1) is 15.9. The van der Waals surface area contributed by atoms with Crippen molar-refractivity contribution in [2.24, 2.45) is 29.8 Å². The third kappa shape index (κ3) is 3.04. The number of H-pyrrole nitrogens is 1. The van der Waals surface area contributed by atoms with Gasteiger partial charge in [-0.25, -0.2) is 28.7 Å². The number of aromatic nitrogens is 5. The van der Waals surface area contributed by atoms with Gasteiger partial charge in [0.1, 0.15) is 11.6 Å². The number of aliphatic imine (C=N–C) groups is 1. The fraction of sp³-hybridized carbons (Fsp3) is 0.348. The summed E-state index contributed by atoms with van der Waals surface area (Å²) in [6.45, 7) is 0. The maximum Gasteiger partial charge on any atom is 0.312 e. The Morgan fingerprint density at radius 3 is 2.76 bits per heavy atom. The third-order valence-electron chi connectivity index (χ3n) is 6.97. The van der Waals surface area contributed by atoms with E-state index in [4.69, 9.17) is 4.99 Å². The SMILES string of the molecule is Cn1cnc2c(/N=C3\C4CCC(CC4)[C@H]3C(=O)O)nc(-c3c[nH]c4c(F)cc(F)cc34)nc21. The molecule has 3 aromatic heterocycles. The lowest BCUT2D eigenvalue weighted by Crippen LogP contribution is -2.44. The second-order valence-corrected chi connectivity index (χ2v) is 8.88. The summed E-state index contributed by atoms with van der Waals surface area (Å²) in [5, 5.41) is 10.2. The van der Waals surface area contributed by atoms with Crippen LogP contribution < -0.4 is 0 Å². The number of benzene rings is 1. The minimum absolute atomic E-state index is 0.0753. The van der Waals surface area contributed by atoms with Crippen molar-refractivity contribution in [3.05, 3.63) is 36.3 Å². The highest BCUT2D eigenvalue weighted by atomic mass is 19.1. The number of nitrogens with one attached hydrogen (secondary N) is 1. The predicted octanol–water partition coefficient (Wildman–Crippen LogP) is 4.38. The van der Waals surface area contributed by atoms with Crippen LogP contribution in [0.5, 0.6) is 0 Å². The van der Waals surface area contributed by atoms with Gasteiger partial charge in [0.15, 0.2) is 22.8 Å². The zero-order chi connectivity index (χ0) is 22.9. The highest BCUT2D eigenvalue weighted by Crippen LogP contribution is 2.44. The summed E-state index contributed by atoms with van der Waals surface area (Å²) < 4.78 is 29.9. The lowest BCUT2D eigenvalue weighted by atomic mass is 9.63. The molecule has 0 saturated heterocycles. The van der Waals surface area contributed by atoms with Gasteiger partial charge in [0.05, 0.1) is 17.8 Å². The minimum Gasteiger partial charge on any atom is -0.481 e.